The first kappa shape index (κ1) is 29.1. The van der Waals surface area contributed by atoms with Gasteiger partial charge in [-0.3, -0.25) is 4.90 Å². The van der Waals surface area contributed by atoms with Crippen molar-refractivity contribution in [1.82, 2.24) is 9.21 Å². The third-order valence-corrected chi connectivity index (χ3v) is 9.60. The fourth-order valence-corrected chi connectivity index (χ4v) is 6.91. The Morgan fingerprint density at radius 1 is 1.05 bits per heavy atom. The summed E-state index contributed by atoms with van der Waals surface area (Å²) in [4.78, 5) is 4.53. The van der Waals surface area contributed by atoms with Crippen LogP contribution in [-0.2, 0) is 20.4 Å². The van der Waals surface area contributed by atoms with Crippen molar-refractivity contribution in [3.8, 4) is 0 Å². The Labute approximate surface area is 226 Å². The lowest BCUT2D eigenvalue weighted by molar-refractivity contribution is -0.258. The fraction of sp³-hybridized carbons (Fsp3) is 0.520. The highest BCUT2D eigenvalue weighted by molar-refractivity contribution is 7.90. The molecule has 0 amide bonds. The number of morpholine rings is 1. The predicted octanol–water partition coefficient (Wildman–Crippen LogP) is 2.32. The van der Waals surface area contributed by atoms with Crippen molar-refractivity contribution in [1.29, 1.82) is 0 Å². The van der Waals surface area contributed by atoms with E-state index in [4.69, 9.17) is 4.74 Å². The van der Waals surface area contributed by atoms with Crippen LogP contribution in [0.1, 0.15) is 12.5 Å². The van der Waals surface area contributed by atoms with Crippen LogP contribution >= 0.6 is 12.6 Å². The molecule has 2 aromatic rings. The van der Waals surface area contributed by atoms with Crippen molar-refractivity contribution in [2.75, 3.05) is 57.4 Å². The lowest BCUT2D eigenvalue weighted by Gasteiger charge is -2.45. The zero-order chi connectivity index (χ0) is 27.7. The van der Waals surface area contributed by atoms with Gasteiger partial charge in [0.25, 0.3) is 0 Å². The van der Waals surface area contributed by atoms with E-state index in [1.807, 2.05) is 4.90 Å². The highest BCUT2D eigenvalue weighted by atomic mass is 32.2. The number of aliphatic hydroxyl groups is 2. The average molecular weight is 576 g/mol. The van der Waals surface area contributed by atoms with Gasteiger partial charge in [0.1, 0.15) is 0 Å². The molecule has 0 spiro atoms. The molecule has 2 heterocycles. The molecule has 0 aromatic heterocycles. The van der Waals surface area contributed by atoms with Gasteiger partial charge in [-0.25, -0.2) is 8.42 Å². The number of alkyl halides is 3. The van der Waals surface area contributed by atoms with E-state index in [0.717, 1.165) is 0 Å². The second-order valence-corrected chi connectivity index (χ2v) is 12.1. The van der Waals surface area contributed by atoms with Crippen LogP contribution in [0.2, 0.25) is 0 Å². The molecule has 3 atom stereocenters. The van der Waals surface area contributed by atoms with Gasteiger partial charge in [-0.2, -0.15) is 17.5 Å². The number of nitrogens with zero attached hydrogens (tertiary/aromatic N) is 3. The number of thiol groups is 1. The number of piperazine rings is 1. The first-order chi connectivity index (χ1) is 17.8. The molecular formula is C25H32F3N3O5S2. The van der Waals surface area contributed by atoms with Gasteiger partial charge in [0.15, 0.2) is 5.60 Å². The smallest absolute Gasteiger partial charge is 0.394 e. The zero-order valence-corrected chi connectivity index (χ0v) is 22.6. The Morgan fingerprint density at radius 2 is 1.74 bits per heavy atom. The molecule has 8 nitrogen and oxygen atoms in total. The molecule has 0 radical (unpaired) electrons. The molecule has 2 aliphatic rings. The number of hydrogen-bond acceptors (Lipinski definition) is 8. The fourth-order valence-electron chi connectivity index (χ4n) is 4.85. The van der Waals surface area contributed by atoms with Gasteiger partial charge in [-0.1, -0.05) is 24.3 Å². The Balaban J connectivity index is 1.61. The Kier molecular flexibility index (Phi) is 8.67. The van der Waals surface area contributed by atoms with Crippen molar-refractivity contribution in [2.24, 2.45) is 0 Å². The molecule has 38 heavy (non-hydrogen) atoms. The molecule has 0 aliphatic carbocycles. The van der Waals surface area contributed by atoms with Crippen LogP contribution in [0, 0.1) is 0 Å². The van der Waals surface area contributed by atoms with E-state index in [1.54, 1.807) is 18.2 Å². The highest BCUT2D eigenvalue weighted by Crippen LogP contribution is 2.39. The maximum absolute atomic E-state index is 13.5. The first-order valence-corrected chi connectivity index (χ1v) is 14.1. The quantitative estimate of drug-likeness (QED) is 0.437. The number of rotatable bonds is 7. The minimum Gasteiger partial charge on any atom is -0.394 e. The van der Waals surface area contributed by atoms with Crippen LogP contribution in [0.5, 0.6) is 0 Å². The minimum atomic E-state index is -4.83. The van der Waals surface area contributed by atoms with Crippen LogP contribution < -0.4 is 4.90 Å². The van der Waals surface area contributed by atoms with Crippen LogP contribution in [0.4, 0.5) is 18.9 Å². The maximum Gasteiger partial charge on any atom is 0.421 e. The van der Waals surface area contributed by atoms with Crippen LogP contribution in [-0.4, -0.2) is 98.6 Å². The van der Waals surface area contributed by atoms with Crippen LogP contribution in [0.25, 0.3) is 0 Å². The Hall–Kier alpha value is -1.87. The van der Waals surface area contributed by atoms with Crippen molar-refractivity contribution in [3.05, 3.63) is 54.1 Å². The molecule has 210 valence electrons. The number of anilines is 1. The summed E-state index contributed by atoms with van der Waals surface area (Å²) < 4.78 is 73.9. The highest BCUT2D eigenvalue weighted by Gasteiger charge is 2.51. The van der Waals surface area contributed by atoms with Gasteiger partial charge in [0, 0.05) is 49.9 Å². The van der Waals surface area contributed by atoms with E-state index in [0.29, 0.717) is 50.3 Å². The number of aliphatic hydroxyl groups excluding tert-OH is 1. The number of halogens is 3. The lowest BCUT2D eigenvalue weighted by Crippen LogP contribution is -2.59. The summed E-state index contributed by atoms with van der Waals surface area (Å²) >= 11 is 4.33. The van der Waals surface area contributed by atoms with Gasteiger partial charge in [0.05, 0.1) is 30.3 Å². The van der Waals surface area contributed by atoms with E-state index in [-0.39, 0.29) is 42.3 Å². The summed E-state index contributed by atoms with van der Waals surface area (Å²) in [6.07, 6.45) is -5.18. The molecule has 4 rings (SSSR count). The summed E-state index contributed by atoms with van der Waals surface area (Å²) in [7, 11) is -3.84. The molecule has 2 aliphatic heterocycles. The van der Waals surface area contributed by atoms with Crippen LogP contribution in [0.15, 0.2) is 58.3 Å². The third-order valence-electron chi connectivity index (χ3n) is 7.14. The largest absolute Gasteiger partial charge is 0.421 e. The van der Waals surface area contributed by atoms with Crippen LogP contribution in [0.3, 0.4) is 0 Å². The van der Waals surface area contributed by atoms with E-state index in [2.05, 4.69) is 17.5 Å². The first-order valence-electron chi connectivity index (χ1n) is 12.2. The summed E-state index contributed by atoms with van der Waals surface area (Å²) in [5.41, 5.74) is -2.66. The number of hydrogen-bond donors (Lipinski definition) is 3. The molecule has 0 unspecified atom stereocenters. The van der Waals surface area contributed by atoms with Gasteiger partial charge in [-0.15, -0.1) is 12.6 Å². The third kappa shape index (κ3) is 5.98. The topological polar surface area (TPSA) is 93.6 Å². The predicted molar refractivity (Wildman–Crippen MR) is 139 cm³/mol. The van der Waals surface area contributed by atoms with Crippen molar-refractivity contribution in [3.63, 3.8) is 0 Å². The standard InChI is InChI=1S/C25H32F3N3O5S2/c1-24(33,25(26,27)28)18-6-8-19(9-7-18)31-11-10-30(38(34,35)23-5-3-2-4-22(23)37)15-20(31)14-29-12-13-36-21(16-29)17-32/h2-9,20-21,32-33,37H,10-17H2,1H3/t20-,21+,24+/m0/s1. The summed E-state index contributed by atoms with van der Waals surface area (Å²) in [5, 5.41) is 19.6. The normalized spacial score (nSPS) is 23.8. The minimum absolute atomic E-state index is 0.112. The van der Waals surface area contributed by atoms with Crippen molar-refractivity contribution in [2.45, 2.75) is 40.6 Å². The summed E-state index contributed by atoms with van der Waals surface area (Å²) in [6, 6.07) is 11.7. The van der Waals surface area contributed by atoms with E-state index < -0.39 is 21.8 Å². The average Bonchev–Trinajstić information content (AvgIpc) is 2.88. The molecular weight excluding hydrogens is 543 g/mol. The molecule has 0 bridgehead atoms. The van der Waals surface area contributed by atoms with Gasteiger partial charge in [0.2, 0.25) is 10.0 Å². The summed E-state index contributed by atoms with van der Waals surface area (Å²) in [5.74, 6) is 0. The van der Waals surface area contributed by atoms with Crippen molar-refractivity contribution >= 4 is 28.3 Å². The molecule has 2 fully saturated rings. The molecule has 13 heteroatoms. The lowest BCUT2D eigenvalue weighted by atomic mass is 9.95. The zero-order valence-electron chi connectivity index (χ0n) is 20.9. The Bertz CT molecular complexity index is 1210. The summed E-state index contributed by atoms with van der Waals surface area (Å²) in [6.45, 7) is 3.15. The maximum atomic E-state index is 13.5. The number of benzene rings is 2. The van der Waals surface area contributed by atoms with E-state index >= 15 is 0 Å². The molecule has 2 saturated heterocycles. The van der Waals surface area contributed by atoms with E-state index in [1.165, 1.54) is 34.6 Å². The van der Waals surface area contributed by atoms with Gasteiger partial charge < -0.3 is 19.8 Å². The SMILES string of the molecule is C[C@@](O)(c1ccc(N2CCN(S(=O)(=O)c3ccccc3S)C[C@@H]2CN2CCO[C@@H](CO)C2)cc1)C(F)(F)F. The number of ether oxygens (including phenoxy) is 1. The molecule has 0 saturated carbocycles. The number of sulfonamides is 1. The van der Waals surface area contributed by atoms with Gasteiger partial charge in [-0.05, 0) is 36.8 Å². The van der Waals surface area contributed by atoms with Crippen molar-refractivity contribution < 1.29 is 36.5 Å². The monoisotopic (exact) mass is 575 g/mol. The van der Waals surface area contributed by atoms with E-state index in [9.17, 15) is 31.8 Å². The molecule has 2 aromatic carbocycles. The molecule has 2 N–H and O–H groups in total. The second kappa shape index (κ2) is 11.3. The Morgan fingerprint density at radius 3 is 2.37 bits per heavy atom. The van der Waals surface area contributed by atoms with Gasteiger partial charge >= 0.3 is 6.18 Å². The second-order valence-electron chi connectivity index (χ2n) is 9.73.